The van der Waals surface area contributed by atoms with Crippen molar-refractivity contribution in [3.05, 3.63) is 60.4 Å². The van der Waals surface area contributed by atoms with E-state index in [1.807, 2.05) is 4.72 Å². The van der Waals surface area contributed by atoms with Crippen molar-refractivity contribution in [2.24, 2.45) is 0 Å². The summed E-state index contributed by atoms with van der Waals surface area (Å²) in [6.07, 6.45) is 0. The third-order valence-corrected chi connectivity index (χ3v) is 4.36. The largest absolute Gasteiger partial charge is 0.478 e. The lowest BCUT2D eigenvalue weighted by Gasteiger charge is -2.25. The highest BCUT2D eigenvalue weighted by molar-refractivity contribution is 7.90. The van der Waals surface area contributed by atoms with Gasteiger partial charge in [0.1, 0.15) is 11.6 Å². The SMILES string of the molecule is CC(C)(Oc1ccc(F)cc1)C(=O)NS(=O)(=O)c1ccccc1. The van der Waals surface area contributed by atoms with Gasteiger partial charge in [-0.1, -0.05) is 18.2 Å². The Balaban J connectivity index is 2.14. The van der Waals surface area contributed by atoms with Crippen LogP contribution in [0, 0.1) is 5.82 Å². The highest BCUT2D eigenvalue weighted by atomic mass is 32.2. The number of hydrogen-bond donors (Lipinski definition) is 1. The normalized spacial score (nSPS) is 11.8. The topological polar surface area (TPSA) is 72.5 Å². The summed E-state index contributed by atoms with van der Waals surface area (Å²) in [4.78, 5) is 12.2. The quantitative estimate of drug-likeness (QED) is 0.910. The number of amides is 1. The first-order valence-electron chi connectivity index (χ1n) is 6.77. The van der Waals surface area contributed by atoms with Crippen LogP contribution in [0.3, 0.4) is 0 Å². The summed E-state index contributed by atoms with van der Waals surface area (Å²) in [7, 11) is -3.98. The van der Waals surface area contributed by atoms with E-state index in [1.54, 1.807) is 18.2 Å². The minimum Gasteiger partial charge on any atom is -0.478 e. The van der Waals surface area contributed by atoms with Crippen molar-refractivity contribution >= 4 is 15.9 Å². The van der Waals surface area contributed by atoms with Crippen molar-refractivity contribution in [3.63, 3.8) is 0 Å². The van der Waals surface area contributed by atoms with E-state index in [1.165, 1.54) is 50.2 Å². The van der Waals surface area contributed by atoms with Crippen LogP contribution < -0.4 is 9.46 Å². The molecular weight excluding hydrogens is 321 g/mol. The molecule has 1 N–H and O–H groups in total. The Hall–Kier alpha value is -2.41. The summed E-state index contributed by atoms with van der Waals surface area (Å²) in [5.41, 5.74) is -1.46. The fourth-order valence-corrected chi connectivity index (χ4v) is 2.87. The molecule has 7 heteroatoms. The maximum Gasteiger partial charge on any atom is 0.277 e. The molecule has 2 aromatic carbocycles. The van der Waals surface area contributed by atoms with Crippen LogP contribution in [0.5, 0.6) is 5.75 Å². The van der Waals surface area contributed by atoms with Crippen LogP contribution >= 0.6 is 0 Å². The van der Waals surface area contributed by atoms with E-state index in [9.17, 15) is 17.6 Å². The maximum atomic E-state index is 12.9. The second kappa shape index (κ2) is 6.37. The Morgan fingerprint density at radius 3 is 2.17 bits per heavy atom. The van der Waals surface area contributed by atoms with Crippen LogP contribution in [0.2, 0.25) is 0 Å². The predicted octanol–water partition coefficient (Wildman–Crippen LogP) is 2.49. The zero-order valence-electron chi connectivity index (χ0n) is 12.6. The summed E-state index contributed by atoms with van der Waals surface area (Å²) in [5, 5.41) is 0. The molecule has 0 aliphatic rings. The zero-order valence-corrected chi connectivity index (χ0v) is 13.4. The van der Waals surface area contributed by atoms with E-state index in [-0.39, 0.29) is 10.6 Å². The second-order valence-electron chi connectivity index (χ2n) is 5.31. The minimum absolute atomic E-state index is 0.0223. The van der Waals surface area contributed by atoms with Crippen molar-refractivity contribution in [2.45, 2.75) is 24.3 Å². The van der Waals surface area contributed by atoms with Crippen LogP contribution in [-0.2, 0) is 14.8 Å². The van der Waals surface area contributed by atoms with Crippen LogP contribution in [-0.4, -0.2) is 19.9 Å². The molecule has 0 heterocycles. The van der Waals surface area contributed by atoms with Crippen LogP contribution in [0.25, 0.3) is 0 Å². The van der Waals surface area contributed by atoms with Gasteiger partial charge in [-0.25, -0.2) is 17.5 Å². The monoisotopic (exact) mass is 337 g/mol. The first-order valence-corrected chi connectivity index (χ1v) is 8.26. The molecule has 0 saturated carbocycles. The molecule has 2 rings (SSSR count). The zero-order chi connectivity index (χ0) is 17.1. The lowest BCUT2D eigenvalue weighted by molar-refractivity contribution is -0.132. The lowest BCUT2D eigenvalue weighted by Crippen LogP contribution is -2.48. The van der Waals surface area contributed by atoms with Crippen LogP contribution in [0.4, 0.5) is 4.39 Å². The third-order valence-electron chi connectivity index (χ3n) is 3.01. The summed E-state index contributed by atoms with van der Waals surface area (Å²) >= 11 is 0. The third kappa shape index (κ3) is 4.29. The number of nitrogens with one attached hydrogen (secondary N) is 1. The van der Waals surface area contributed by atoms with Gasteiger partial charge in [-0.2, -0.15) is 0 Å². The van der Waals surface area contributed by atoms with E-state index in [2.05, 4.69) is 0 Å². The van der Waals surface area contributed by atoms with Gasteiger partial charge in [0.2, 0.25) is 0 Å². The predicted molar refractivity (Wildman–Crippen MR) is 82.9 cm³/mol. The highest BCUT2D eigenvalue weighted by Crippen LogP contribution is 2.19. The van der Waals surface area contributed by atoms with E-state index < -0.39 is 27.3 Å². The minimum atomic E-state index is -3.98. The molecule has 23 heavy (non-hydrogen) atoms. The van der Waals surface area contributed by atoms with Gasteiger partial charge in [0, 0.05) is 0 Å². The molecule has 0 aliphatic carbocycles. The Morgan fingerprint density at radius 1 is 1.04 bits per heavy atom. The summed E-state index contributed by atoms with van der Waals surface area (Å²) in [6, 6.07) is 12.6. The fraction of sp³-hybridized carbons (Fsp3) is 0.188. The van der Waals surface area contributed by atoms with E-state index >= 15 is 0 Å². The molecule has 0 aromatic heterocycles. The smallest absolute Gasteiger partial charge is 0.277 e. The molecule has 2 aromatic rings. The van der Waals surface area contributed by atoms with Gasteiger partial charge in [-0.15, -0.1) is 0 Å². The molecule has 0 bridgehead atoms. The lowest BCUT2D eigenvalue weighted by atomic mass is 10.1. The van der Waals surface area contributed by atoms with Crippen LogP contribution in [0.1, 0.15) is 13.8 Å². The van der Waals surface area contributed by atoms with Gasteiger partial charge in [-0.05, 0) is 50.2 Å². The van der Waals surface area contributed by atoms with Gasteiger partial charge in [0.05, 0.1) is 4.90 Å². The van der Waals surface area contributed by atoms with Crippen molar-refractivity contribution < 1.29 is 22.3 Å². The Kier molecular flexibility index (Phi) is 4.70. The molecule has 0 fully saturated rings. The Morgan fingerprint density at radius 2 is 1.61 bits per heavy atom. The number of ether oxygens (including phenoxy) is 1. The number of halogens is 1. The summed E-state index contributed by atoms with van der Waals surface area (Å²) < 4.78 is 44.6. The fourth-order valence-electron chi connectivity index (χ4n) is 1.75. The van der Waals surface area contributed by atoms with Crippen molar-refractivity contribution in [1.29, 1.82) is 0 Å². The number of rotatable bonds is 5. The van der Waals surface area contributed by atoms with E-state index in [4.69, 9.17) is 4.74 Å². The van der Waals surface area contributed by atoms with Gasteiger partial charge in [0.25, 0.3) is 15.9 Å². The van der Waals surface area contributed by atoms with Gasteiger partial charge in [0.15, 0.2) is 5.60 Å². The first kappa shape index (κ1) is 17.0. The molecule has 122 valence electrons. The molecule has 5 nitrogen and oxygen atoms in total. The average Bonchev–Trinajstić information content (AvgIpc) is 2.50. The molecule has 0 aliphatic heterocycles. The van der Waals surface area contributed by atoms with Gasteiger partial charge >= 0.3 is 0 Å². The summed E-state index contributed by atoms with van der Waals surface area (Å²) in [6.45, 7) is 2.85. The summed E-state index contributed by atoms with van der Waals surface area (Å²) in [5.74, 6) is -1.01. The highest BCUT2D eigenvalue weighted by Gasteiger charge is 2.33. The van der Waals surface area contributed by atoms with Crippen LogP contribution in [0.15, 0.2) is 59.5 Å². The molecule has 0 spiro atoms. The van der Waals surface area contributed by atoms with E-state index in [0.717, 1.165) is 0 Å². The maximum absolute atomic E-state index is 12.9. The molecule has 0 radical (unpaired) electrons. The van der Waals surface area contributed by atoms with Gasteiger partial charge in [-0.3, -0.25) is 4.79 Å². The second-order valence-corrected chi connectivity index (χ2v) is 7.00. The van der Waals surface area contributed by atoms with Crippen molar-refractivity contribution in [2.75, 3.05) is 0 Å². The molecule has 0 atom stereocenters. The number of carbonyl (C=O) groups excluding carboxylic acids is 1. The molecular formula is C16H16FNO4S. The molecule has 0 unspecified atom stereocenters. The number of carbonyl (C=O) groups is 1. The first-order chi connectivity index (χ1) is 10.7. The van der Waals surface area contributed by atoms with Gasteiger partial charge < -0.3 is 4.74 Å². The van der Waals surface area contributed by atoms with Crippen molar-refractivity contribution in [3.8, 4) is 5.75 Å². The standard InChI is InChI=1S/C16H16FNO4S/c1-16(2,22-13-10-8-12(17)9-11-13)15(19)18-23(20,21)14-6-4-3-5-7-14/h3-11H,1-2H3,(H,18,19). The Labute approximate surface area is 134 Å². The molecule has 1 amide bonds. The Bertz CT molecular complexity index is 787. The van der Waals surface area contributed by atoms with Crippen molar-refractivity contribution in [1.82, 2.24) is 4.72 Å². The number of benzene rings is 2. The number of sulfonamides is 1. The van der Waals surface area contributed by atoms with E-state index in [0.29, 0.717) is 0 Å². The molecule has 0 saturated heterocycles. The number of hydrogen-bond acceptors (Lipinski definition) is 4. The average molecular weight is 337 g/mol.